The molecule has 2 aromatic rings. The lowest BCUT2D eigenvalue weighted by molar-refractivity contribution is 0.0678. The highest BCUT2D eigenvalue weighted by Gasteiger charge is 2.24. The van der Waals surface area contributed by atoms with E-state index >= 15 is 0 Å². The number of aryl methyl sites for hydroxylation is 2. The molecule has 3 heterocycles. The van der Waals surface area contributed by atoms with E-state index in [-0.39, 0.29) is 5.91 Å². The minimum absolute atomic E-state index is 0.0934. The van der Waals surface area contributed by atoms with Crippen LogP contribution < -0.4 is 0 Å². The fourth-order valence-electron chi connectivity index (χ4n) is 3.06. The fraction of sp³-hybridized carbons (Fsp3) is 0.500. The highest BCUT2D eigenvalue weighted by molar-refractivity contribution is 7.98. The minimum atomic E-state index is 0.0934. The highest BCUT2D eigenvalue weighted by Crippen LogP contribution is 2.28. The Labute approximate surface area is 146 Å². The zero-order valence-corrected chi connectivity index (χ0v) is 15.2. The number of nitrogens with zero attached hydrogens (tertiary/aromatic N) is 3. The van der Waals surface area contributed by atoms with E-state index in [9.17, 15) is 4.79 Å². The Hall–Kier alpha value is -1.82. The lowest BCUT2D eigenvalue weighted by Crippen LogP contribution is -2.39. The van der Waals surface area contributed by atoms with Gasteiger partial charge in [-0.3, -0.25) is 4.79 Å². The Bertz CT molecular complexity index is 709. The summed E-state index contributed by atoms with van der Waals surface area (Å²) >= 11 is 1.57. The van der Waals surface area contributed by atoms with Crippen LogP contribution in [0.3, 0.4) is 0 Å². The fourth-order valence-corrected chi connectivity index (χ4v) is 4.20. The van der Waals surface area contributed by atoms with E-state index in [0.717, 1.165) is 41.6 Å². The van der Waals surface area contributed by atoms with Gasteiger partial charge in [-0.15, -0.1) is 11.8 Å². The topological polar surface area (TPSA) is 59.2 Å². The maximum atomic E-state index is 12.9. The molecule has 2 aromatic heterocycles. The molecule has 1 unspecified atom stereocenters. The first kappa shape index (κ1) is 17.0. The predicted octanol–water partition coefficient (Wildman–Crippen LogP) is 3.85. The largest absolute Gasteiger partial charge is 0.361 e. The summed E-state index contributed by atoms with van der Waals surface area (Å²) in [4.78, 5) is 19.3. The Morgan fingerprint density at radius 3 is 3.00 bits per heavy atom. The molecule has 0 radical (unpaired) electrons. The van der Waals surface area contributed by atoms with Crippen molar-refractivity contribution in [2.75, 3.05) is 13.1 Å². The van der Waals surface area contributed by atoms with Crippen molar-refractivity contribution in [3.05, 3.63) is 40.9 Å². The van der Waals surface area contributed by atoms with E-state index in [0.29, 0.717) is 17.2 Å². The smallest absolute Gasteiger partial charge is 0.256 e. The first-order chi connectivity index (χ1) is 11.6. The van der Waals surface area contributed by atoms with Gasteiger partial charge >= 0.3 is 0 Å². The number of hydrogen-bond donors (Lipinski definition) is 0. The maximum absolute atomic E-state index is 12.9. The summed E-state index contributed by atoms with van der Waals surface area (Å²) in [7, 11) is 0. The molecule has 0 aromatic carbocycles. The van der Waals surface area contributed by atoms with Gasteiger partial charge in [-0.25, -0.2) is 4.98 Å². The third-order valence-electron chi connectivity index (χ3n) is 4.48. The molecular formula is C18H23N3O2S. The average Bonchev–Trinajstić information content (AvgIpc) is 2.91. The van der Waals surface area contributed by atoms with Gasteiger partial charge in [0.05, 0.1) is 11.3 Å². The van der Waals surface area contributed by atoms with Gasteiger partial charge in [-0.1, -0.05) is 12.1 Å². The van der Waals surface area contributed by atoms with Gasteiger partial charge in [0.15, 0.2) is 0 Å². The van der Waals surface area contributed by atoms with Crippen molar-refractivity contribution in [3.8, 4) is 0 Å². The number of carbonyl (C=O) groups is 1. The molecule has 0 saturated carbocycles. The summed E-state index contributed by atoms with van der Waals surface area (Å²) in [5.74, 6) is 2.19. The third-order valence-corrected chi connectivity index (χ3v) is 5.51. The average molecular weight is 345 g/mol. The van der Waals surface area contributed by atoms with Gasteiger partial charge < -0.3 is 9.42 Å². The number of amides is 1. The number of thioether (sulfide) groups is 1. The number of likely N-dealkylation sites (tertiary alicyclic amines) is 1. The van der Waals surface area contributed by atoms with Crippen LogP contribution in [0.1, 0.15) is 47.1 Å². The molecule has 0 aliphatic carbocycles. The molecule has 1 amide bonds. The van der Waals surface area contributed by atoms with Crippen molar-refractivity contribution >= 4 is 17.7 Å². The standard InChI is InChI=1S/C18H23N3O2S/c1-12-6-5-9-21(10-12)18(22)15-7-4-8-19-17(15)24-11-16-13(2)20-23-14(16)3/h4,7-8,12H,5-6,9-11H2,1-3H3. The van der Waals surface area contributed by atoms with Crippen molar-refractivity contribution in [2.24, 2.45) is 5.92 Å². The Morgan fingerprint density at radius 1 is 1.46 bits per heavy atom. The van der Waals surface area contributed by atoms with Crippen LogP contribution in [-0.4, -0.2) is 34.0 Å². The first-order valence-corrected chi connectivity index (χ1v) is 9.33. The van der Waals surface area contributed by atoms with Gasteiger partial charge in [-0.05, 0) is 44.7 Å². The molecule has 3 rings (SSSR count). The molecule has 5 nitrogen and oxygen atoms in total. The van der Waals surface area contributed by atoms with E-state index < -0.39 is 0 Å². The minimum Gasteiger partial charge on any atom is -0.361 e. The zero-order valence-electron chi connectivity index (χ0n) is 14.4. The number of rotatable bonds is 4. The van der Waals surface area contributed by atoms with Gasteiger partial charge in [0.1, 0.15) is 10.8 Å². The zero-order chi connectivity index (χ0) is 17.1. The number of aromatic nitrogens is 2. The quantitative estimate of drug-likeness (QED) is 0.788. The highest BCUT2D eigenvalue weighted by atomic mass is 32.2. The van der Waals surface area contributed by atoms with Gasteiger partial charge in [0.25, 0.3) is 5.91 Å². The molecule has 6 heteroatoms. The van der Waals surface area contributed by atoms with E-state index in [2.05, 4.69) is 17.1 Å². The first-order valence-electron chi connectivity index (χ1n) is 8.35. The second kappa shape index (κ2) is 7.38. The Balaban J connectivity index is 1.76. The summed E-state index contributed by atoms with van der Waals surface area (Å²) in [5, 5.41) is 4.76. The van der Waals surface area contributed by atoms with Crippen molar-refractivity contribution in [1.29, 1.82) is 0 Å². The lowest BCUT2D eigenvalue weighted by atomic mass is 10.00. The molecule has 1 aliphatic rings. The monoisotopic (exact) mass is 345 g/mol. The molecule has 128 valence electrons. The van der Waals surface area contributed by atoms with Crippen molar-refractivity contribution < 1.29 is 9.32 Å². The Morgan fingerprint density at radius 2 is 2.29 bits per heavy atom. The molecular weight excluding hydrogens is 322 g/mol. The molecule has 1 atom stereocenters. The molecule has 1 aliphatic heterocycles. The molecule has 0 spiro atoms. The lowest BCUT2D eigenvalue weighted by Gasteiger charge is -2.31. The van der Waals surface area contributed by atoms with Crippen LogP contribution in [0.4, 0.5) is 0 Å². The molecule has 24 heavy (non-hydrogen) atoms. The van der Waals surface area contributed by atoms with Gasteiger partial charge in [0.2, 0.25) is 0 Å². The molecule has 1 saturated heterocycles. The van der Waals surface area contributed by atoms with Crippen LogP contribution in [0, 0.1) is 19.8 Å². The SMILES string of the molecule is Cc1noc(C)c1CSc1ncccc1C(=O)N1CCCC(C)C1. The van der Waals surface area contributed by atoms with E-state index in [1.54, 1.807) is 18.0 Å². The second-order valence-electron chi connectivity index (χ2n) is 6.45. The van der Waals surface area contributed by atoms with Gasteiger partial charge in [0, 0.05) is 30.6 Å². The van der Waals surface area contributed by atoms with Crippen molar-refractivity contribution in [2.45, 2.75) is 44.4 Å². The van der Waals surface area contributed by atoms with E-state index in [1.165, 1.54) is 6.42 Å². The molecule has 0 bridgehead atoms. The van der Waals surface area contributed by atoms with Crippen LogP contribution in [-0.2, 0) is 5.75 Å². The summed E-state index contributed by atoms with van der Waals surface area (Å²) in [6, 6.07) is 3.71. The van der Waals surface area contributed by atoms with Crippen LogP contribution in [0.2, 0.25) is 0 Å². The molecule has 0 N–H and O–H groups in total. The van der Waals surface area contributed by atoms with Crippen molar-refractivity contribution in [1.82, 2.24) is 15.0 Å². The maximum Gasteiger partial charge on any atom is 0.256 e. The third kappa shape index (κ3) is 3.64. The number of hydrogen-bond acceptors (Lipinski definition) is 5. The molecule has 1 fully saturated rings. The predicted molar refractivity (Wildman–Crippen MR) is 94.1 cm³/mol. The Kier molecular flexibility index (Phi) is 5.23. The van der Waals surface area contributed by atoms with E-state index in [1.807, 2.05) is 30.9 Å². The van der Waals surface area contributed by atoms with E-state index in [4.69, 9.17) is 4.52 Å². The summed E-state index contributed by atoms with van der Waals surface area (Å²) in [6.45, 7) is 7.73. The van der Waals surface area contributed by atoms with Gasteiger partial charge in [-0.2, -0.15) is 0 Å². The number of piperidine rings is 1. The van der Waals surface area contributed by atoms with Crippen LogP contribution in [0.15, 0.2) is 27.9 Å². The number of carbonyl (C=O) groups excluding carboxylic acids is 1. The van der Waals surface area contributed by atoms with Crippen molar-refractivity contribution in [3.63, 3.8) is 0 Å². The summed E-state index contributed by atoms with van der Waals surface area (Å²) in [6.07, 6.45) is 4.02. The summed E-state index contributed by atoms with van der Waals surface area (Å²) < 4.78 is 5.21. The normalized spacial score (nSPS) is 18.0. The summed E-state index contributed by atoms with van der Waals surface area (Å²) in [5.41, 5.74) is 2.67. The number of pyridine rings is 1. The van der Waals surface area contributed by atoms with Crippen LogP contribution in [0.25, 0.3) is 0 Å². The second-order valence-corrected chi connectivity index (χ2v) is 7.41. The van der Waals surface area contributed by atoms with Crippen LogP contribution in [0.5, 0.6) is 0 Å². The van der Waals surface area contributed by atoms with Crippen LogP contribution >= 0.6 is 11.8 Å².